The van der Waals surface area contributed by atoms with Crippen LogP contribution in [0, 0.1) is 5.41 Å². The fraction of sp³-hybridized carbons (Fsp3) is 0.600. The van der Waals surface area contributed by atoms with Crippen LogP contribution in [0.2, 0.25) is 0 Å². The number of carboxylic acid groups (broad SMARTS) is 1. The number of carbonyl (C=O) groups excluding carboxylic acids is 2. The molecule has 4 heterocycles. The fourth-order valence-corrected chi connectivity index (χ4v) is 6.97. The van der Waals surface area contributed by atoms with Crippen molar-refractivity contribution in [2.24, 2.45) is 12.5 Å². The van der Waals surface area contributed by atoms with Crippen molar-refractivity contribution in [3.8, 4) is 0 Å². The standard InChI is InChI=1S/C15H19N9O5S3/c1-23-14(19-21-22-23)32(29)3-2-8(25)17-10-11(26)24-5-15(13(27)28,7-31-12(10)24)6-30-9-4-16-20-18-9/h4,10,12H,2-3,5-7H2,1H3,(H,17,25)(H,27,28)(H,16,18,20)/t10?,12-,15?,32?/m1/s1. The van der Waals surface area contributed by atoms with Crippen LogP contribution in [0.5, 0.6) is 0 Å². The molecule has 0 spiro atoms. The summed E-state index contributed by atoms with van der Waals surface area (Å²) in [6.07, 6.45) is 1.45. The summed E-state index contributed by atoms with van der Waals surface area (Å²) in [5, 5.41) is 33.7. The van der Waals surface area contributed by atoms with Crippen LogP contribution in [0.3, 0.4) is 0 Å². The van der Waals surface area contributed by atoms with Gasteiger partial charge in [0, 0.05) is 37.3 Å². The number of aliphatic carboxylic acids is 1. The van der Waals surface area contributed by atoms with Gasteiger partial charge >= 0.3 is 5.97 Å². The molecule has 0 saturated carbocycles. The third-order valence-corrected chi connectivity index (χ3v) is 9.21. The van der Waals surface area contributed by atoms with E-state index in [1.807, 2.05) is 0 Å². The molecule has 3 unspecified atom stereocenters. The number of fused-ring (bicyclic) bond motifs is 1. The van der Waals surface area contributed by atoms with Crippen LogP contribution in [-0.2, 0) is 32.2 Å². The Morgan fingerprint density at radius 3 is 2.97 bits per heavy atom. The lowest BCUT2D eigenvalue weighted by Gasteiger charge is -2.53. The van der Waals surface area contributed by atoms with Crippen LogP contribution in [0.4, 0.5) is 0 Å². The quantitative estimate of drug-likeness (QED) is 0.256. The number of amides is 2. The maximum absolute atomic E-state index is 12.6. The fourth-order valence-electron chi connectivity index (χ4n) is 3.32. The summed E-state index contributed by atoms with van der Waals surface area (Å²) in [5.74, 6) is -1.19. The molecule has 0 bridgehead atoms. The molecule has 4 atom stereocenters. The zero-order chi connectivity index (χ0) is 22.9. The number of nitrogens with one attached hydrogen (secondary N) is 2. The number of hydrogen-bond donors (Lipinski definition) is 3. The second kappa shape index (κ2) is 9.14. The second-order valence-electron chi connectivity index (χ2n) is 7.28. The number of tetrazole rings is 1. The molecule has 3 N–H and O–H groups in total. The third-order valence-electron chi connectivity index (χ3n) is 5.10. The van der Waals surface area contributed by atoms with Gasteiger partial charge in [-0.3, -0.25) is 18.6 Å². The van der Waals surface area contributed by atoms with Crippen molar-refractivity contribution in [3.63, 3.8) is 0 Å². The predicted octanol–water partition coefficient (Wildman–Crippen LogP) is -1.91. The molecule has 172 valence electrons. The molecule has 32 heavy (non-hydrogen) atoms. The Morgan fingerprint density at radius 2 is 2.31 bits per heavy atom. The Labute approximate surface area is 192 Å². The molecule has 0 aromatic carbocycles. The molecule has 17 heteroatoms. The molecule has 4 rings (SSSR count). The summed E-state index contributed by atoms with van der Waals surface area (Å²) in [7, 11) is 0.00743. The minimum atomic E-state index is -1.54. The normalized spacial score (nSPS) is 25.7. The minimum Gasteiger partial charge on any atom is -0.481 e. The maximum Gasteiger partial charge on any atom is 0.313 e. The number of H-pyrrole nitrogens is 1. The molecular weight excluding hydrogens is 482 g/mol. The van der Waals surface area contributed by atoms with Gasteiger partial charge in [-0.1, -0.05) is 5.10 Å². The van der Waals surface area contributed by atoms with Crippen LogP contribution < -0.4 is 5.32 Å². The van der Waals surface area contributed by atoms with Crippen molar-refractivity contribution >= 4 is 52.1 Å². The lowest BCUT2D eigenvalue weighted by atomic mass is 9.89. The van der Waals surface area contributed by atoms with E-state index in [-0.39, 0.29) is 46.7 Å². The van der Waals surface area contributed by atoms with E-state index >= 15 is 0 Å². The SMILES string of the molecule is Cn1nnnc1S(=O)CCC(=O)NC1C(=O)N2CC(CSc3cn[nH]n3)(C(=O)O)CS[C@H]12. The van der Waals surface area contributed by atoms with Gasteiger partial charge in [0.05, 0.1) is 17.0 Å². The molecule has 2 aliphatic heterocycles. The van der Waals surface area contributed by atoms with Crippen molar-refractivity contribution < 1.29 is 23.7 Å². The predicted molar refractivity (Wildman–Crippen MR) is 112 cm³/mol. The van der Waals surface area contributed by atoms with E-state index in [9.17, 15) is 23.7 Å². The molecule has 0 radical (unpaired) electrons. The van der Waals surface area contributed by atoms with Crippen molar-refractivity contribution in [2.45, 2.75) is 28.0 Å². The van der Waals surface area contributed by atoms with Crippen LogP contribution in [0.25, 0.3) is 0 Å². The van der Waals surface area contributed by atoms with Gasteiger partial charge in [0.2, 0.25) is 17.0 Å². The van der Waals surface area contributed by atoms with Gasteiger partial charge in [-0.15, -0.1) is 28.6 Å². The summed E-state index contributed by atoms with van der Waals surface area (Å²) in [5.41, 5.74) is -1.13. The second-order valence-corrected chi connectivity index (χ2v) is 10.8. The zero-order valence-electron chi connectivity index (χ0n) is 16.7. The number of thioether (sulfide) groups is 2. The van der Waals surface area contributed by atoms with E-state index < -0.39 is 34.1 Å². The van der Waals surface area contributed by atoms with E-state index in [4.69, 9.17) is 0 Å². The lowest BCUT2D eigenvalue weighted by molar-refractivity contribution is -0.157. The number of aryl methyl sites for hydroxylation is 1. The highest BCUT2D eigenvalue weighted by Crippen LogP contribution is 2.44. The smallest absolute Gasteiger partial charge is 0.313 e. The van der Waals surface area contributed by atoms with Gasteiger partial charge in [0.15, 0.2) is 0 Å². The summed E-state index contributed by atoms with van der Waals surface area (Å²) in [6.45, 7) is 0.0548. The highest BCUT2D eigenvalue weighted by Gasteiger charge is 2.57. The summed E-state index contributed by atoms with van der Waals surface area (Å²) in [6, 6.07) is -0.729. The molecule has 2 fully saturated rings. The van der Waals surface area contributed by atoms with Crippen molar-refractivity contribution in [3.05, 3.63) is 6.20 Å². The Morgan fingerprint density at radius 1 is 1.50 bits per heavy atom. The topological polar surface area (TPSA) is 189 Å². The highest BCUT2D eigenvalue weighted by atomic mass is 32.2. The van der Waals surface area contributed by atoms with Gasteiger partial charge in [0.25, 0.3) is 0 Å². The summed E-state index contributed by atoms with van der Waals surface area (Å²) < 4.78 is 13.5. The number of carbonyl (C=O) groups is 3. The first-order valence-corrected chi connectivity index (χ1v) is 12.7. The molecule has 2 saturated heterocycles. The van der Waals surface area contributed by atoms with Crippen molar-refractivity contribution in [2.75, 3.05) is 23.8 Å². The molecule has 14 nitrogen and oxygen atoms in total. The summed E-state index contributed by atoms with van der Waals surface area (Å²) in [4.78, 5) is 38.4. The molecule has 2 aliphatic rings. The van der Waals surface area contributed by atoms with Gasteiger partial charge in [-0.2, -0.15) is 10.3 Å². The van der Waals surface area contributed by atoms with E-state index in [1.165, 1.54) is 39.3 Å². The molecular formula is C15H19N9O5S3. The van der Waals surface area contributed by atoms with Crippen LogP contribution in [0.1, 0.15) is 6.42 Å². The summed E-state index contributed by atoms with van der Waals surface area (Å²) >= 11 is 2.58. The Bertz CT molecular complexity index is 1050. The van der Waals surface area contributed by atoms with E-state index in [1.54, 1.807) is 7.05 Å². The number of nitrogens with zero attached hydrogens (tertiary/aromatic N) is 7. The average Bonchev–Trinajstić information content (AvgIpc) is 3.45. The number of aromatic nitrogens is 7. The number of carboxylic acids is 1. The highest BCUT2D eigenvalue weighted by molar-refractivity contribution is 8.00. The van der Waals surface area contributed by atoms with E-state index in [0.29, 0.717) is 5.03 Å². The Hall–Kier alpha value is -2.53. The first-order chi connectivity index (χ1) is 15.3. The number of hydrogen-bond acceptors (Lipinski definition) is 11. The van der Waals surface area contributed by atoms with E-state index in [0.717, 1.165) is 0 Å². The third kappa shape index (κ3) is 4.36. The number of aromatic amines is 1. The van der Waals surface area contributed by atoms with Gasteiger partial charge < -0.3 is 15.3 Å². The van der Waals surface area contributed by atoms with Gasteiger partial charge in [0.1, 0.15) is 21.9 Å². The van der Waals surface area contributed by atoms with E-state index in [2.05, 4.69) is 36.3 Å². The van der Waals surface area contributed by atoms with Crippen molar-refractivity contribution in [1.29, 1.82) is 0 Å². The first kappa shape index (κ1) is 22.7. The average molecular weight is 502 g/mol. The van der Waals surface area contributed by atoms with Crippen LogP contribution in [0.15, 0.2) is 16.4 Å². The van der Waals surface area contributed by atoms with Crippen LogP contribution in [-0.4, -0.2) is 103 Å². The lowest BCUT2D eigenvalue weighted by Crippen LogP contribution is -2.74. The maximum atomic E-state index is 12.6. The van der Waals surface area contributed by atoms with Crippen LogP contribution >= 0.6 is 23.5 Å². The zero-order valence-corrected chi connectivity index (χ0v) is 19.2. The largest absolute Gasteiger partial charge is 0.481 e. The molecule has 2 aromatic rings. The first-order valence-electron chi connectivity index (χ1n) is 9.35. The molecule has 2 amide bonds. The van der Waals surface area contributed by atoms with Crippen molar-refractivity contribution in [1.82, 2.24) is 45.8 Å². The Kier molecular flexibility index (Phi) is 6.47. The number of β-lactam (4-membered cyclic amide) rings is 1. The molecule has 2 aromatic heterocycles. The monoisotopic (exact) mass is 501 g/mol. The number of rotatable bonds is 9. The minimum absolute atomic E-state index is 0.0177. The molecule has 0 aliphatic carbocycles. The Balaban J connectivity index is 1.30. The van der Waals surface area contributed by atoms with Gasteiger partial charge in [-0.05, 0) is 10.4 Å². The van der Waals surface area contributed by atoms with Gasteiger partial charge in [-0.25, -0.2) is 4.68 Å².